The number of pyridine rings is 1. The normalized spacial score (nSPS) is 11.1. The zero-order chi connectivity index (χ0) is 15.1. The van der Waals surface area contributed by atoms with Gasteiger partial charge in [-0.1, -0.05) is 0 Å². The van der Waals surface area contributed by atoms with Crippen molar-refractivity contribution >= 4 is 10.8 Å². The molecule has 0 aliphatic carbocycles. The molecule has 3 aromatic rings. The van der Waals surface area contributed by atoms with E-state index in [9.17, 15) is 8.78 Å². The molecule has 0 spiro atoms. The molecule has 0 aliphatic rings. The highest BCUT2D eigenvalue weighted by molar-refractivity contribution is 5.97. The topological polar surface area (TPSA) is 12.9 Å². The molecule has 0 fully saturated rings. The first-order valence-corrected chi connectivity index (χ1v) is 6.80. The standard InChI is InChI=1S/C18H15F2N/c1-10-8-15-14(12(3)11(10)2)6-7-21-18(15)13-4-5-16(19)17(20)9-13/h4-9H,1-3H3. The van der Waals surface area contributed by atoms with Gasteiger partial charge in [-0.2, -0.15) is 0 Å². The molecule has 1 aromatic heterocycles. The summed E-state index contributed by atoms with van der Waals surface area (Å²) >= 11 is 0. The summed E-state index contributed by atoms with van der Waals surface area (Å²) in [5, 5.41) is 2.05. The summed E-state index contributed by atoms with van der Waals surface area (Å²) in [5.41, 5.74) is 4.86. The molecule has 3 heteroatoms. The third-order valence-electron chi connectivity index (χ3n) is 4.10. The highest BCUT2D eigenvalue weighted by Gasteiger charge is 2.12. The molecular weight excluding hydrogens is 268 g/mol. The summed E-state index contributed by atoms with van der Waals surface area (Å²) in [6.07, 6.45) is 1.71. The Balaban J connectivity index is 2.35. The highest BCUT2D eigenvalue weighted by Crippen LogP contribution is 2.31. The molecule has 3 rings (SSSR count). The van der Waals surface area contributed by atoms with E-state index in [0.717, 1.165) is 22.4 Å². The first-order valence-electron chi connectivity index (χ1n) is 6.80. The SMILES string of the molecule is Cc1cc2c(-c3ccc(F)c(F)c3)nccc2c(C)c1C. The second kappa shape index (κ2) is 4.92. The average Bonchev–Trinajstić information content (AvgIpc) is 2.47. The summed E-state index contributed by atoms with van der Waals surface area (Å²) in [7, 11) is 0. The number of aromatic nitrogens is 1. The number of halogens is 2. The Labute approximate surface area is 122 Å². The Morgan fingerprint density at radius 1 is 0.810 bits per heavy atom. The fraction of sp³-hybridized carbons (Fsp3) is 0.167. The van der Waals surface area contributed by atoms with Crippen LogP contribution in [0.15, 0.2) is 36.5 Å². The van der Waals surface area contributed by atoms with Crippen LogP contribution in [0.5, 0.6) is 0 Å². The lowest BCUT2D eigenvalue weighted by Gasteiger charge is -2.12. The monoisotopic (exact) mass is 283 g/mol. The van der Waals surface area contributed by atoms with E-state index >= 15 is 0 Å². The zero-order valence-corrected chi connectivity index (χ0v) is 12.2. The van der Waals surface area contributed by atoms with Gasteiger partial charge in [-0.3, -0.25) is 4.98 Å². The highest BCUT2D eigenvalue weighted by atomic mass is 19.2. The van der Waals surface area contributed by atoms with Crippen molar-refractivity contribution < 1.29 is 8.78 Å². The lowest BCUT2D eigenvalue weighted by molar-refractivity contribution is 0.509. The number of hydrogen-bond acceptors (Lipinski definition) is 1. The molecule has 0 unspecified atom stereocenters. The van der Waals surface area contributed by atoms with Gasteiger partial charge in [-0.05, 0) is 73.2 Å². The number of hydrogen-bond donors (Lipinski definition) is 0. The average molecular weight is 283 g/mol. The van der Waals surface area contributed by atoms with E-state index in [1.165, 1.54) is 17.2 Å². The summed E-state index contributed by atoms with van der Waals surface area (Å²) < 4.78 is 26.6. The summed E-state index contributed by atoms with van der Waals surface area (Å²) in [4.78, 5) is 4.37. The van der Waals surface area contributed by atoms with Crippen LogP contribution in [0.3, 0.4) is 0 Å². The molecule has 1 heterocycles. The molecule has 0 aliphatic heterocycles. The summed E-state index contributed by atoms with van der Waals surface area (Å²) in [5.74, 6) is -1.70. The van der Waals surface area contributed by atoms with Crippen LogP contribution in [0.2, 0.25) is 0 Å². The number of nitrogens with zero attached hydrogens (tertiary/aromatic N) is 1. The van der Waals surface area contributed by atoms with Gasteiger partial charge in [0.05, 0.1) is 5.69 Å². The molecule has 0 amide bonds. The minimum atomic E-state index is -0.855. The van der Waals surface area contributed by atoms with E-state index < -0.39 is 11.6 Å². The van der Waals surface area contributed by atoms with Crippen LogP contribution in [-0.4, -0.2) is 4.98 Å². The number of rotatable bonds is 1. The van der Waals surface area contributed by atoms with Gasteiger partial charge in [0.2, 0.25) is 0 Å². The van der Waals surface area contributed by atoms with Gasteiger partial charge in [0.15, 0.2) is 11.6 Å². The smallest absolute Gasteiger partial charge is 0.159 e. The van der Waals surface area contributed by atoms with Crippen LogP contribution in [0.25, 0.3) is 22.0 Å². The fourth-order valence-corrected chi connectivity index (χ4v) is 2.64. The number of benzene rings is 2. The molecule has 0 saturated carbocycles. The van der Waals surface area contributed by atoms with Gasteiger partial charge in [-0.15, -0.1) is 0 Å². The molecule has 1 nitrogen and oxygen atoms in total. The van der Waals surface area contributed by atoms with E-state index in [-0.39, 0.29) is 0 Å². The van der Waals surface area contributed by atoms with E-state index in [2.05, 4.69) is 24.9 Å². The Kier molecular flexibility index (Phi) is 3.20. The van der Waals surface area contributed by atoms with E-state index in [1.54, 1.807) is 12.3 Å². The second-order valence-corrected chi connectivity index (χ2v) is 5.33. The molecule has 0 radical (unpaired) electrons. The van der Waals surface area contributed by atoms with Crippen molar-refractivity contribution in [2.75, 3.05) is 0 Å². The van der Waals surface area contributed by atoms with Crippen molar-refractivity contribution in [2.24, 2.45) is 0 Å². The van der Waals surface area contributed by atoms with Crippen molar-refractivity contribution in [3.05, 3.63) is 64.9 Å². The van der Waals surface area contributed by atoms with E-state index in [0.29, 0.717) is 11.3 Å². The van der Waals surface area contributed by atoms with E-state index in [4.69, 9.17) is 0 Å². The van der Waals surface area contributed by atoms with Gasteiger partial charge in [0.1, 0.15) is 0 Å². The first kappa shape index (κ1) is 13.7. The Bertz CT molecular complexity index is 853. The molecular formula is C18H15F2N. The van der Waals surface area contributed by atoms with Crippen LogP contribution >= 0.6 is 0 Å². The lowest BCUT2D eigenvalue weighted by Crippen LogP contribution is -1.94. The predicted octanol–water partition coefficient (Wildman–Crippen LogP) is 5.11. The molecule has 0 bridgehead atoms. The third kappa shape index (κ3) is 2.19. The maximum Gasteiger partial charge on any atom is 0.159 e. The number of aryl methyl sites for hydroxylation is 2. The molecule has 2 aromatic carbocycles. The summed E-state index contributed by atoms with van der Waals surface area (Å²) in [6, 6.07) is 7.91. The van der Waals surface area contributed by atoms with Crippen molar-refractivity contribution in [3.63, 3.8) is 0 Å². The molecule has 21 heavy (non-hydrogen) atoms. The minimum Gasteiger partial charge on any atom is -0.256 e. The van der Waals surface area contributed by atoms with Crippen molar-refractivity contribution in [1.29, 1.82) is 0 Å². The van der Waals surface area contributed by atoms with Crippen LogP contribution < -0.4 is 0 Å². The quantitative estimate of drug-likeness (QED) is 0.605. The van der Waals surface area contributed by atoms with Crippen molar-refractivity contribution in [2.45, 2.75) is 20.8 Å². The van der Waals surface area contributed by atoms with Crippen LogP contribution in [0.4, 0.5) is 8.78 Å². The van der Waals surface area contributed by atoms with Gasteiger partial charge in [-0.25, -0.2) is 8.78 Å². The minimum absolute atomic E-state index is 0.585. The van der Waals surface area contributed by atoms with Crippen molar-refractivity contribution in [3.8, 4) is 11.3 Å². The van der Waals surface area contributed by atoms with E-state index in [1.807, 2.05) is 13.0 Å². The Morgan fingerprint density at radius 2 is 1.57 bits per heavy atom. The van der Waals surface area contributed by atoms with Crippen LogP contribution in [0.1, 0.15) is 16.7 Å². The van der Waals surface area contributed by atoms with Gasteiger partial charge < -0.3 is 0 Å². The molecule has 0 saturated heterocycles. The Morgan fingerprint density at radius 3 is 2.29 bits per heavy atom. The molecule has 0 N–H and O–H groups in total. The van der Waals surface area contributed by atoms with Gasteiger partial charge in [0, 0.05) is 17.1 Å². The second-order valence-electron chi connectivity index (χ2n) is 5.33. The van der Waals surface area contributed by atoms with Crippen LogP contribution in [0, 0.1) is 32.4 Å². The zero-order valence-electron chi connectivity index (χ0n) is 12.2. The van der Waals surface area contributed by atoms with Crippen molar-refractivity contribution in [1.82, 2.24) is 4.98 Å². The molecule has 106 valence electrons. The van der Waals surface area contributed by atoms with Gasteiger partial charge in [0.25, 0.3) is 0 Å². The number of fused-ring (bicyclic) bond motifs is 1. The predicted molar refractivity (Wildman–Crippen MR) is 81.3 cm³/mol. The van der Waals surface area contributed by atoms with Crippen LogP contribution in [-0.2, 0) is 0 Å². The maximum absolute atomic E-state index is 13.5. The largest absolute Gasteiger partial charge is 0.256 e. The molecule has 0 atom stereocenters. The third-order valence-corrected chi connectivity index (χ3v) is 4.10. The Hall–Kier alpha value is -2.29. The maximum atomic E-state index is 13.5. The summed E-state index contributed by atoms with van der Waals surface area (Å²) in [6.45, 7) is 6.20. The lowest BCUT2D eigenvalue weighted by atomic mass is 9.94. The fourth-order valence-electron chi connectivity index (χ4n) is 2.64. The van der Waals surface area contributed by atoms with Gasteiger partial charge >= 0.3 is 0 Å². The first-order chi connectivity index (χ1) is 9.99.